The molecular weight excluding hydrogens is 406 g/mol. The maximum absolute atomic E-state index is 12.6. The molecule has 2 aliphatic rings. The number of nitrogens with zero attached hydrogens (tertiary/aromatic N) is 2. The monoisotopic (exact) mass is 443 g/mol. The van der Waals surface area contributed by atoms with E-state index in [2.05, 4.69) is 39.4 Å². The summed E-state index contributed by atoms with van der Waals surface area (Å²) in [6.45, 7) is 8.64. The van der Waals surface area contributed by atoms with Crippen molar-refractivity contribution in [2.45, 2.75) is 64.0 Å². The second-order valence-electron chi connectivity index (χ2n) is 9.70. The number of carbonyl (C=O) groups is 1. The van der Waals surface area contributed by atoms with Gasteiger partial charge >= 0.3 is 5.97 Å². The SMILES string of the molecule is CC(C)(OC(=O)CCN1CCN(c2cccc3ccsc23)CC1)C(N)C1CCCCC1. The molecule has 1 aromatic carbocycles. The third-order valence-corrected chi connectivity index (χ3v) is 8.09. The topological polar surface area (TPSA) is 58.8 Å². The van der Waals surface area contributed by atoms with Crippen LogP contribution in [0.2, 0.25) is 0 Å². The van der Waals surface area contributed by atoms with Gasteiger partial charge in [0.2, 0.25) is 0 Å². The Balaban J connectivity index is 1.23. The minimum atomic E-state index is -0.600. The minimum absolute atomic E-state index is 0.0831. The summed E-state index contributed by atoms with van der Waals surface area (Å²) in [4.78, 5) is 17.4. The normalized spacial score (nSPS) is 20.2. The molecule has 1 saturated carbocycles. The van der Waals surface area contributed by atoms with E-state index in [1.165, 1.54) is 35.0 Å². The van der Waals surface area contributed by atoms with Crippen molar-refractivity contribution in [3.8, 4) is 0 Å². The first kappa shape index (κ1) is 22.6. The molecule has 1 unspecified atom stereocenters. The predicted molar refractivity (Wildman–Crippen MR) is 130 cm³/mol. The van der Waals surface area contributed by atoms with Crippen molar-refractivity contribution in [2.24, 2.45) is 11.7 Å². The first-order valence-corrected chi connectivity index (χ1v) is 12.7. The van der Waals surface area contributed by atoms with Crippen LogP contribution in [-0.4, -0.2) is 55.2 Å². The van der Waals surface area contributed by atoms with E-state index in [4.69, 9.17) is 10.5 Å². The third-order valence-electron chi connectivity index (χ3n) is 7.14. The maximum atomic E-state index is 12.6. The highest BCUT2D eigenvalue weighted by molar-refractivity contribution is 7.17. The smallest absolute Gasteiger partial charge is 0.307 e. The van der Waals surface area contributed by atoms with E-state index in [0.717, 1.165) is 45.6 Å². The Labute approximate surface area is 190 Å². The molecule has 1 aliphatic heterocycles. The van der Waals surface area contributed by atoms with E-state index in [-0.39, 0.29) is 12.0 Å². The number of nitrogens with two attached hydrogens (primary N) is 1. The number of anilines is 1. The molecule has 2 aromatic rings. The zero-order valence-corrected chi connectivity index (χ0v) is 19.8. The van der Waals surface area contributed by atoms with Gasteiger partial charge in [-0.2, -0.15) is 0 Å². The van der Waals surface area contributed by atoms with Crippen LogP contribution >= 0.6 is 11.3 Å². The van der Waals surface area contributed by atoms with Crippen molar-refractivity contribution in [3.05, 3.63) is 29.6 Å². The molecule has 1 atom stereocenters. The molecule has 1 aromatic heterocycles. The number of benzene rings is 1. The number of carbonyl (C=O) groups excluding carboxylic acids is 1. The van der Waals surface area contributed by atoms with E-state index in [9.17, 15) is 4.79 Å². The molecule has 2 fully saturated rings. The highest BCUT2D eigenvalue weighted by atomic mass is 32.1. The van der Waals surface area contributed by atoms with Crippen LogP contribution < -0.4 is 10.6 Å². The van der Waals surface area contributed by atoms with Gasteiger partial charge < -0.3 is 15.4 Å². The number of hydrogen-bond donors (Lipinski definition) is 1. The Morgan fingerprint density at radius 1 is 1.16 bits per heavy atom. The Morgan fingerprint density at radius 2 is 1.90 bits per heavy atom. The molecule has 1 aliphatic carbocycles. The second kappa shape index (κ2) is 9.88. The van der Waals surface area contributed by atoms with Gasteiger partial charge in [0.1, 0.15) is 5.60 Å². The highest BCUT2D eigenvalue weighted by Gasteiger charge is 2.36. The molecule has 2 N–H and O–H groups in total. The van der Waals surface area contributed by atoms with Gasteiger partial charge in [0.05, 0.1) is 16.8 Å². The summed E-state index contributed by atoms with van der Waals surface area (Å²) >= 11 is 1.81. The predicted octanol–water partition coefficient (Wildman–Crippen LogP) is 4.64. The van der Waals surface area contributed by atoms with Gasteiger partial charge in [-0.15, -0.1) is 11.3 Å². The van der Waals surface area contributed by atoms with Crippen molar-refractivity contribution in [2.75, 3.05) is 37.6 Å². The first-order chi connectivity index (χ1) is 14.9. The van der Waals surface area contributed by atoms with Crippen LogP contribution in [0, 0.1) is 5.92 Å². The largest absolute Gasteiger partial charge is 0.458 e. The van der Waals surface area contributed by atoms with Gasteiger partial charge in [0, 0.05) is 38.8 Å². The molecular formula is C25H37N3O2S. The zero-order chi connectivity index (χ0) is 21.8. The molecule has 2 heterocycles. The fraction of sp³-hybridized carbons (Fsp3) is 0.640. The quantitative estimate of drug-likeness (QED) is 0.632. The molecule has 0 radical (unpaired) electrons. The molecule has 0 bridgehead atoms. The van der Waals surface area contributed by atoms with Crippen LogP contribution in [0.4, 0.5) is 5.69 Å². The van der Waals surface area contributed by atoms with Crippen LogP contribution in [0.1, 0.15) is 52.4 Å². The third kappa shape index (κ3) is 5.41. The van der Waals surface area contributed by atoms with Gasteiger partial charge in [0.25, 0.3) is 0 Å². The van der Waals surface area contributed by atoms with Crippen LogP contribution in [-0.2, 0) is 9.53 Å². The second-order valence-corrected chi connectivity index (χ2v) is 10.6. The van der Waals surface area contributed by atoms with Gasteiger partial charge in [-0.25, -0.2) is 0 Å². The summed E-state index contributed by atoms with van der Waals surface area (Å²) in [5.74, 6) is 0.347. The summed E-state index contributed by atoms with van der Waals surface area (Å²) in [6, 6.07) is 8.65. The van der Waals surface area contributed by atoms with E-state index >= 15 is 0 Å². The lowest BCUT2D eigenvalue weighted by Crippen LogP contribution is -2.52. The summed E-state index contributed by atoms with van der Waals surface area (Å²) in [7, 11) is 0. The number of ether oxygens (including phenoxy) is 1. The lowest BCUT2D eigenvalue weighted by molar-refractivity contribution is -0.160. The van der Waals surface area contributed by atoms with Crippen LogP contribution in [0.5, 0.6) is 0 Å². The molecule has 5 nitrogen and oxygen atoms in total. The van der Waals surface area contributed by atoms with Crippen LogP contribution in [0.15, 0.2) is 29.6 Å². The van der Waals surface area contributed by atoms with E-state index < -0.39 is 5.60 Å². The Hall–Kier alpha value is -1.63. The molecule has 0 amide bonds. The van der Waals surface area contributed by atoms with Gasteiger partial charge in [-0.3, -0.25) is 9.69 Å². The van der Waals surface area contributed by atoms with Gasteiger partial charge in [-0.05, 0) is 55.5 Å². The van der Waals surface area contributed by atoms with Gasteiger partial charge in [-0.1, -0.05) is 31.4 Å². The van der Waals surface area contributed by atoms with E-state index in [1.54, 1.807) is 0 Å². The standard InChI is InChI=1S/C25H37N3O2S/c1-25(2,24(26)20-7-4-3-5-8-20)30-22(29)11-13-27-14-16-28(17-15-27)21-10-6-9-19-12-18-31-23(19)21/h6,9-10,12,18,20,24H,3-5,7-8,11,13-17,26H2,1-2H3. The van der Waals surface area contributed by atoms with E-state index in [1.807, 2.05) is 25.2 Å². The molecule has 170 valence electrons. The lowest BCUT2D eigenvalue weighted by atomic mass is 9.78. The molecule has 6 heteroatoms. The van der Waals surface area contributed by atoms with Gasteiger partial charge in [0.15, 0.2) is 0 Å². The number of piperazine rings is 1. The Morgan fingerprint density at radius 3 is 2.65 bits per heavy atom. The molecule has 0 spiro atoms. The number of hydrogen-bond acceptors (Lipinski definition) is 6. The van der Waals surface area contributed by atoms with Crippen molar-refractivity contribution in [3.63, 3.8) is 0 Å². The van der Waals surface area contributed by atoms with Crippen molar-refractivity contribution in [1.29, 1.82) is 0 Å². The summed E-state index contributed by atoms with van der Waals surface area (Å²) in [6.07, 6.45) is 6.54. The fourth-order valence-electron chi connectivity index (χ4n) is 5.16. The molecule has 31 heavy (non-hydrogen) atoms. The van der Waals surface area contributed by atoms with Crippen molar-refractivity contribution in [1.82, 2.24) is 4.90 Å². The number of rotatable bonds is 7. The zero-order valence-electron chi connectivity index (χ0n) is 19.0. The van der Waals surface area contributed by atoms with Crippen LogP contribution in [0.3, 0.4) is 0 Å². The van der Waals surface area contributed by atoms with Crippen molar-refractivity contribution >= 4 is 33.1 Å². The number of esters is 1. The molecule has 4 rings (SSSR count). The first-order valence-electron chi connectivity index (χ1n) is 11.8. The number of fused-ring (bicyclic) bond motifs is 1. The van der Waals surface area contributed by atoms with Crippen LogP contribution in [0.25, 0.3) is 10.1 Å². The number of thiophene rings is 1. The maximum Gasteiger partial charge on any atom is 0.307 e. The Kier molecular flexibility index (Phi) is 7.19. The van der Waals surface area contributed by atoms with E-state index in [0.29, 0.717) is 12.3 Å². The fourth-order valence-corrected chi connectivity index (χ4v) is 6.10. The average Bonchev–Trinajstić information content (AvgIpc) is 3.27. The minimum Gasteiger partial charge on any atom is -0.458 e. The summed E-state index contributed by atoms with van der Waals surface area (Å²) in [5, 5.41) is 3.49. The molecule has 1 saturated heterocycles. The highest BCUT2D eigenvalue weighted by Crippen LogP contribution is 2.33. The Bertz CT molecular complexity index is 867. The summed E-state index contributed by atoms with van der Waals surface area (Å²) in [5.41, 5.74) is 7.26. The average molecular weight is 444 g/mol. The van der Waals surface area contributed by atoms with Crippen molar-refractivity contribution < 1.29 is 9.53 Å². The lowest BCUT2D eigenvalue weighted by Gasteiger charge is -2.38. The summed E-state index contributed by atoms with van der Waals surface area (Å²) < 4.78 is 7.25.